The molecule has 1 fully saturated rings. The van der Waals surface area contributed by atoms with E-state index in [9.17, 15) is 4.79 Å². The molecule has 0 bridgehead atoms. The standard InChI is InChI=1S/C13H16Cl2N2O/c1-8(10-4-3-9(14)7-11(10)15)17(2)12(18)13(16)5-6-13/h3-4,7-8H,5-6,16H2,1-2H3. The van der Waals surface area contributed by atoms with Gasteiger partial charge in [-0.25, -0.2) is 0 Å². The molecule has 1 unspecified atom stereocenters. The molecule has 3 nitrogen and oxygen atoms in total. The summed E-state index contributed by atoms with van der Waals surface area (Å²) in [6.07, 6.45) is 1.52. The van der Waals surface area contributed by atoms with E-state index in [2.05, 4.69) is 0 Å². The Morgan fingerprint density at radius 2 is 2.06 bits per heavy atom. The van der Waals surface area contributed by atoms with Crippen molar-refractivity contribution in [1.82, 2.24) is 4.90 Å². The maximum absolute atomic E-state index is 12.2. The highest BCUT2D eigenvalue weighted by molar-refractivity contribution is 6.35. The van der Waals surface area contributed by atoms with Gasteiger partial charge in [-0.3, -0.25) is 4.79 Å². The predicted octanol–water partition coefficient (Wildman–Crippen LogP) is 3.00. The number of nitrogens with zero attached hydrogens (tertiary/aromatic N) is 1. The second kappa shape index (κ2) is 4.72. The van der Waals surface area contributed by atoms with Gasteiger partial charge in [-0.2, -0.15) is 0 Å². The fourth-order valence-corrected chi connectivity index (χ4v) is 2.49. The Balaban J connectivity index is 2.20. The molecule has 1 amide bonds. The van der Waals surface area contributed by atoms with Crippen LogP contribution in [0.5, 0.6) is 0 Å². The fourth-order valence-electron chi connectivity index (χ4n) is 1.92. The number of carbonyl (C=O) groups excluding carboxylic acids is 1. The van der Waals surface area contributed by atoms with E-state index in [1.165, 1.54) is 0 Å². The first-order valence-electron chi connectivity index (χ1n) is 5.86. The zero-order valence-electron chi connectivity index (χ0n) is 10.4. The third kappa shape index (κ3) is 2.48. The number of likely N-dealkylation sites (N-methyl/N-ethyl adjacent to an activating group) is 1. The topological polar surface area (TPSA) is 46.3 Å². The van der Waals surface area contributed by atoms with Crippen molar-refractivity contribution < 1.29 is 4.79 Å². The molecule has 0 saturated heterocycles. The smallest absolute Gasteiger partial charge is 0.242 e. The summed E-state index contributed by atoms with van der Waals surface area (Å²) >= 11 is 12.0. The summed E-state index contributed by atoms with van der Waals surface area (Å²) in [4.78, 5) is 13.8. The average Bonchev–Trinajstić information content (AvgIpc) is 3.06. The number of rotatable bonds is 3. The minimum atomic E-state index is -0.651. The molecule has 0 heterocycles. The molecule has 1 aliphatic carbocycles. The minimum Gasteiger partial charge on any atom is -0.337 e. The molecule has 98 valence electrons. The lowest BCUT2D eigenvalue weighted by Gasteiger charge is -2.28. The average molecular weight is 287 g/mol. The van der Waals surface area contributed by atoms with Crippen molar-refractivity contribution in [3.63, 3.8) is 0 Å². The van der Waals surface area contributed by atoms with Gasteiger partial charge in [-0.15, -0.1) is 0 Å². The number of hydrogen-bond donors (Lipinski definition) is 1. The van der Waals surface area contributed by atoms with Gasteiger partial charge in [0, 0.05) is 17.1 Å². The number of nitrogens with two attached hydrogens (primary N) is 1. The molecule has 1 saturated carbocycles. The molecular weight excluding hydrogens is 271 g/mol. The van der Waals surface area contributed by atoms with Crippen LogP contribution in [0, 0.1) is 0 Å². The predicted molar refractivity (Wildman–Crippen MR) is 73.8 cm³/mol. The SMILES string of the molecule is CC(c1ccc(Cl)cc1Cl)N(C)C(=O)C1(N)CC1. The molecular formula is C13H16Cl2N2O. The molecule has 0 aliphatic heterocycles. The molecule has 0 radical (unpaired) electrons. The van der Waals surface area contributed by atoms with E-state index < -0.39 is 5.54 Å². The summed E-state index contributed by atoms with van der Waals surface area (Å²) in [6, 6.07) is 5.17. The van der Waals surface area contributed by atoms with Crippen LogP contribution < -0.4 is 5.73 Å². The highest BCUT2D eigenvalue weighted by Crippen LogP contribution is 2.37. The van der Waals surface area contributed by atoms with Crippen LogP contribution in [-0.2, 0) is 4.79 Å². The van der Waals surface area contributed by atoms with E-state index in [1.54, 1.807) is 24.1 Å². The molecule has 1 aromatic rings. The van der Waals surface area contributed by atoms with Crippen LogP contribution in [-0.4, -0.2) is 23.4 Å². The van der Waals surface area contributed by atoms with E-state index in [1.807, 2.05) is 13.0 Å². The molecule has 1 aromatic carbocycles. The summed E-state index contributed by atoms with van der Waals surface area (Å²) in [6.45, 7) is 1.93. The van der Waals surface area contributed by atoms with Gasteiger partial charge < -0.3 is 10.6 Å². The lowest BCUT2D eigenvalue weighted by atomic mass is 10.1. The number of hydrogen-bond acceptors (Lipinski definition) is 2. The fraction of sp³-hybridized carbons (Fsp3) is 0.462. The zero-order valence-corrected chi connectivity index (χ0v) is 11.9. The summed E-state index contributed by atoms with van der Waals surface area (Å²) in [5, 5.41) is 1.15. The Labute approximate surface area is 117 Å². The van der Waals surface area contributed by atoms with Crippen molar-refractivity contribution in [2.45, 2.75) is 31.3 Å². The lowest BCUT2D eigenvalue weighted by Crippen LogP contribution is -2.44. The van der Waals surface area contributed by atoms with Crippen molar-refractivity contribution in [3.8, 4) is 0 Å². The Morgan fingerprint density at radius 1 is 1.44 bits per heavy atom. The van der Waals surface area contributed by atoms with E-state index in [0.717, 1.165) is 18.4 Å². The van der Waals surface area contributed by atoms with E-state index in [0.29, 0.717) is 10.0 Å². The van der Waals surface area contributed by atoms with Gasteiger partial charge in [0.25, 0.3) is 0 Å². The second-order valence-electron chi connectivity index (χ2n) is 4.91. The third-order valence-corrected chi connectivity index (χ3v) is 4.09. The van der Waals surface area contributed by atoms with Crippen LogP contribution in [0.25, 0.3) is 0 Å². The molecule has 1 atom stereocenters. The normalized spacial score (nSPS) is 18.3. The third-order valence-electron chi connectivity index (χ3n) is 3.53. The maximum atomic E-state index is 12.2. The molecule has 5 heteroatoms. The monoisotopic (exact) mass is 286 g/mol. The highest BCUT2D eigenvalue weighted by atomic mass is 35.5. The van der Waals surface area contributed by atoms with Gasteiger partial charge in [-0.1, -0.05) is 29.3 Å². The highest BCUT2D eigenvalue weighted by Gasteiger charge is 2.48. The van der Waals surface area contributed by atoms with Gasteiger partial charge in [0.05, 0.1) is 11.6 Å². The first-order valence-corrected chi connectivity index (χ1v) is 6.62. The molecule has 1 aliphatic rings. The van der Waals surface area contributed by atoms with Crippen LogP contribution >= 0.6 is 23.2 Å². The summed E-state index contributed by atoms with van der Waals surface area (Å²) in [7, 11) is 1.75. The maximum Gasteiger partial charge on any atom is 0.242 e. The first kappa shape index (κ1) is 13.7. The van der Waals surface area contributed by atoms with Gasteiger partial charge in [-0.05, 0) is 37.5 Å². The molecule has 18 heavy (non-hydrogen) atoms. The van der Waals surface area contributed by atoms with Crippen molar-refractivity contribution >= 4 is 29.1 Å². The Bertz CT molecular complexity index is 486. The Kier molecular flexibility index (Phi) is 3.58. The lowest BCUT2D eigenvalue weighted by molar-refractivity contribution is -0.134. The summed E-state index contributed by atoms with van der Waals surface area (Å²) < 4.78 is 0. The largest absolute Gasteiger partial charge is 0.337 e. The van der Waals surface area contributed by atoms with Gasteiger partial charge in [0.1, 0.15) is 0 Å². The number of amides is 1. The van der Waals surface area contributed by atoms with Crippen molar-refractivity contribution in [2.75, 3.05) is 7.05 Å². The number of halogens is 2. The number of benzene rings is 1. The number of carbonyl (C=O) groups is 1. The quantitative estimate of drug-likeness (QED) is 0.929. The van der Waals surface area contributed by atoms with E-state index in [-0.39, 0.29) is 11.9 Å². The molecule has 0 aromatic heterocycles. The molecule has 0 spiro atoms. The van der Waals surface area contributed by atoms with Crippen LogP contribution in [0.2, 0.25) is 10.0 Å². The van der Waals surface area contributed by atoms with Crippen molar-refractivity contribution in [3.05, 3.63) is 33.8 Å². The van der Waals surface area contributed by atoms with E-state index >= 15 is 0 Å². The second-order valence-corrected chi connectivity index (χ2v) is 5.76. The van der Waals surface area contributed by atoms with Crippen LogP contribution in [0.15, 0.2) is 18.2 Å². The van der Waals surface area contributed by atoms with Crippen molar-refractivity contribution in [2.24, 2.45) is 5.73 Å². The Hall–Kier alpha value is -0.770. The summed E-state index contributed by atoms with van der Waals surface area (Å²) in [5.74, 6) is -0.0268. The minimum absolute atomic E-state index is 0.0268. The van der Waals surface area contributed by atoms with Gasteiger partial charge >= 0.3 is 0 Å². The molecule has 2 rings (SSSR count). The van der Waals surface area contributed by atoms with Crippen LogP contribution in [0.4, 0.5) is 0 Å². The first-order chi connectivity index (χ1) is 8.35. The Morgan fingerprint density at radius 3 is 2.56 bits per heavy atom. The van der Waals surface area contributed by atoms with Gasteiger partial charge in [0.2, 0.25) is 5.91 Å². The zero-order chi connectivity index (χ0) is 13.5. The van der Waals surface area contributed by atoms with Crippen LogP contribution in [0.3, 0.4) is 0 Å². The summed E-state index contributed by atoms with van der Waals surface area (Å²) in [5.41, 5.74) is 6.15. The van der Waals surface area contributed by atoms with E-state index in [4.69, 9.17) is 28.9 Å². The molecule has 2 N–H and O–H groups in total. The van der Waals surface area contributed by atoms with Crippen molar-refractivity contribution in [1.29, 1.82) is 0 Å². The van der Waals surface area contributed by atoms with Gasteiger partial charge in [0.15, 0.2) is 0 Å². The van der Waals surface area contributed by atoms with Crippen LogP contribution in [0.1, 0.15) is 31.4 Å².